The minimum atomic E-state index is -0.450. The highest BCUT2D eigenvalue weighted by atomic mass is 16.6. The third-order valence-electron chi connectivity index (χ3n) is 3.91. The minimum absolute atomic E-state index is 0.158. The highest BCUT2D eigenvalue weighted by Crippen LogP contribution is 2.32. The molecule has 1 aliphatic rings. The molecule has 0 aliphatic heterocycles. The van der Waals surface area contributed by atoms with Crippen LogP contribution in [0, 0.1) is 17.8 Å². The van der Waals surface area contributed by atoms with Crippen molar-refractivity contribution >= 4 is 6.09 Å². The molecule has 1 fully saturated rings. The van der Waals surface area contributed by atoms with E-state index in [-0.39, 0.29) is 12.1 Å². The topological polar surface area (TPSA) is 76.4 Å². The molecule has 1 amide bonds. The summed E-state index contributed by atoms with van der Waals surface area (Å²) in [6.07, 6.45) is 2.06. The molecular weight excluding hydrogens is 266 g/mol. The number of amides is 1. The van der Waals surface area contributed by atoms with Crippen molar-refractivity contribution in [3.05, 3.63) is 0 Å². The summed E-state index contributed by atoms with van der Waals surface area (Å²) in [5.74, 6) is 1.63. The summed E-state index contributed by atoms with van der Waals surface area (Å²) in [6, 6.07) is 0.158. The summed E-state index contributed by atoms with van der Waals surface area (Å²) in [5, 5.41) is 6.46. The Morgan fingerprint density at radius 3 is 2.33 bits per heavy atom. The number of rotatable bonds is 8. The van der Waals surface area contributed by atoms with E-state index in [9.17, 15) is 4.79 Å². The summed E-state index contributed by atoms with van der Waals surface area (Å²) >= 11 is 0. The van der Waals surface area contributed by atoms with E-state index in [1.54, 1.807) is 0 Å². The van der Waals surface area contributed by atoms with Crippen molar-refractivity contribution in [2.75, 3.05) is 19.6 Å². The van der Waals surface area contributed by atoms with Crippen molar-refractivity contribution < 1.29 is 9.53 Å². The molecule has 21 heavy (non-hydrogen) atoms. The number of alkyl carbamates (subject to hydrolysis) is 1. The first-order valence-corrected chi connectivity index (χ1v) is 8.13. The molecule has 0 radical (unpaired) electrons. The fourth-order valence-electron chi connectivity index (χ4n) is 2.31. The van der Waals surface area contributed by atoms with Crippen molar-refractivity contribution in [2.24, 2.45) is 23.5 Å². The van der Waals surface area contributed by atoms with Gasteiger partial charge in [-0.2, -0.15) is 0 Å². The molecule has 0 bridgehead atoms. The maximum absolute atomic E-state index is 11.9. The lowest BCUT2D eigenvalue weighted by atomic mass is 9.96. The van der Waals surface area contributed by atoms with E-state index in [1.807, 2.05) is 20.8 Å². The molecule has 0 aromatic heterocycles. The Balaban J connectivity index is 2.35. The van der Waals surface area contributed by atoms with Gasteiger partial charge in [0.25, 0.3) is 0 Å². The van der Waals surface area contributed by atoms with Gasteiger partial charge >= 0.3 is 6.09 Å². The molecule has 5 heteroatoms. The number of hydrogen-bond acceptors (Lipinski definition) is 4. The summed E-state index contributed by atoms with van der Waals surface area (Å²) in [6.45, 7) is 12.4. The van der Waals surface area contributed by atoms with E-state index in [4.69, 9.17) is 10.5 Å². The Bertz CT molecular complexity index is 322. The molecule has 124 valence electrons. The Hall–Kier alpha value is -0.810. The highest BCUT2D eigenvalue weighted by molar-refractivity contribution is 5.68. The molecule has 2 atom stereocenters. The van der Waals surface area contributed by atoms with Crippen LogP contribution in [0.25, 0.3) is 0 Å². The van der Waals surface area contributed by atoms with E-state index in [2.05, 4.69) is 24.5 Å². The Labute approximate surface area is 129 Å². The van der Waals surface area contributed by atoms with E-state index in [1.165, 1.54) is 12.8 Å². The van der Waals surface area contributed by atoms with Crippen LogP contribution < -0.4 is 16.4 Å². The van der Waals surface area contributed by atoms with Crippen LogP contribution in [0.2, 0.25) is 0 Å². The third-order valence-corrected chi connectivity index (χ3v) is 3.91. The molecule has 0 heterocycles. The zero-order chi connectivity index (χ0) is 16.0. The first-order chi connectivity index (χ1) is 9.73. The average Bonchev–Trinajstić information content (AvgIpc) is 3.14. The maximum Gasteiger partial charge on any atom is 0.407 e. The molecule has 0 spiro atoms. The molecule has 1 saturated carbocycles. The van der Waals surface area contributed by atoms with Gasteiger partial charge in [-0.15, -0.1) is 0 Å². The number of carbonyl (C=O) groups excluding carboxylic acids is 1. The second-order valence-corrected chi connectivity index (χ2v) is 7.49. The van der Waals surface area contributed by atoms with Gasteiger partial charge in [0.05, 0.1) is 0 Å². The number of nitrogens with one attached hydrogen (secondary N) is 2. The molecule has 0 saturated heterocycles. The molecule has 1 rings (SSSR count). The van der Waals surface area contributed by atoms with Gasteiger partial charge in [-0.1, -0.05) is 13.8 Å². The normalized spacial score (nSPS) is 18.4. The molecule has 4 N–H and O–H groups in total. The largest absolute Gasteiger partial charge is 0.444 e. The monoisotopic (exact) mass is 299 g/mol. The highest BCUT2D eigenvalue weighted by Gasteiger charge is 2.33. The molecule has 0 aromatic carbocycles. The van der Waals surface area contributed by atoms with Gasteiger partial charge in [0.2, 0.25) is 0 Å². The molecular formula is C16H33N3O2. The average molecular weight is 299 g/mol. The number of hydrogen-bond donors (Lipinski definition) is 3. The zero-order valence-corrected chi connectivity index (χ0v) is 14.2. The molecule has 5 nitrogen and oxygen atoms in total. The van der Waals surface area contributed by atoms with E-state index < -0.39 is 5.60 Å². The summed E-state index contributed by atoms with van der Waals surface area (Å²) in [7, 11) is 0. The number of nitrogens with two attached hydrogens (primary N) is 1. The van der Waals surface area contributed by atoms with Gasteiger partial charge in [0.15, 0.2) is 0 Å². The Morgan fingerprint density at radius 1 is 1.29 bits per heavy atom. The van der Waals surface area contributed by atoms with Crippen molar-refractivity contribution in [3.63, 3.8) is 0 Å². The summed E-state index contributed by atoms with van der Waals surface area (Å²) < 4.78 is 5.34. The predicted octanol–water partition coefficient (Wildman–Crippen LogP) is 2.11. The van der Waals surface area contributed by atoms with E-state index in [0.717, 1.165) is 13.1 Å². The molecule has 1 aliphatic carbocycles. The maximum atomic E-state index is 11.9. The number of carbonyl (C=O) groups is 1. The summed E-state index contributed by atoms with van der Waals surface area (Å²) in [5.41, 5.74) is 5.33. The van der Waals surface area contributed by atoms with Crippen LogP contribution in [0.4, 0.5) is 4.79 Å². The van der Waals surface area contributed by atoms with Gasteiger partial charge in [0, 0.05) is 12.6 Å². The first kappa shape index (κ1) is 18.2. The quantitative estimate of drug-likeness (QED) is 0.641. The first-order valence-electron chi connectivity index (χ1n) is 8.13. The standard InChI is InChI=1S/C16H33N3O2/c1-11(2)13(8-17)9-18-10-14(12-6-7-12)19-15(20)21-16(3,4)5/h11-14,18H,6-10,17H2,1-5H3,(H,19,20). The van der Waals surface area contributed by atoms with Gasteiger partial charge in [0.1, 0.15) is 5.60 Å². The fourth-order valence-corrected chi connectivity index (χ4v) is 2.31. The van der Waals surface area contributed by atoms with Crippen LogP contribution in [0.3, 0.4) is 0 Å². The molecule has 0 aromatic rings. The van der Waals surface area contributed by atoms with E-state index >= 15 is 0 Å². The lowest BCUT2D eigenvalue weighted by Gasteiger charge is -2.25. The van der Waals surface area contributed by atoms with Gasteiger partial charge < -0.3 is 21.1 Å². The van der Waals surface area contributed by atoms with Crippen molar-refractivity contribution in [3.8, 4) is 0 Å². The van der Waals surface area contributed by atoms with Crippen molar-refractivity contribution in [1.29, 1.82) is 0 Å². The summed E-state index contributed by atoms with van der Waals surface area (Å²) in [4.78, 5) is 11.9. The molecule has 2 unspecified atom stereocenters. The number of ether oxygens (including phenoxy) is 1. The van der Waals surface area contributed by atoms with Gasteiger partial charge in [-0.05, 0) is 64.5 Å². The lowest BCUT2D eigenvalue weighted by molar-refractivity contribution is 0.0497. The minimum Gasteiger partial charge on any atom is -0.444 e. The van der Waals surface area contributed by atoms with Crippen LogP contribution in [0.15, 0.2) is 0 Å². The van der Waals surface area contributed by atoms with Gasteiger partial charge in [-0.25, -0.2) is 4.79 Å². The predicted molar refractivity (Wildman–Crippen MR) is 86.1 cm³/mol. The third kappa shape index (κ3) is 7.67. The van der Waals surface area contributed by atoms with Crippen molar-refractivity contribution in [2.45, 2.75) is 59.1 Å². The Kier molecular flexibility index (Phi) is 6.94. The smallest absolute Gasteiger partial charge is 0.407 e. The van der Waals surface area contributed by atoms with Gasteiger partial charge in [-0.3, -0.25) is 0 Å². The van der Waals surface area contributed by atoms with Crippen molar-refractivity contribution in [1.82, 2.24) is 10.6 Å². The zero-order valence-electron chi connectivity index (χ0n) is 14.2. The second kappa shape index (κ2) is 7.99. The van der Waals surface area contributed by atoms with Crippen LogP contribution >= 0.6 is 0 Å². The SMILES string of the molecule is CC(C)C(CN)CNCC(NC(=O)OC(C)(C)C)C1CC1. The lowest BCUT2D eigenvalue weighted by Crippen LogP contribution is -2.46. The second-order valence-electron chi connectivity index (χ2n) is 7.49. The van der Waals surface area contributed by atoms with Crippen LogP contribution in [0.1, 0.15) is 47.5 Å². The van der Waals surface area contributed by atoms with Crippen LogP contribution in [-0.4, -0.2) is 37.4 Å². The van der Waals surface area contributed by atoms with Crippen LogP contribution in [-0.2, 0) is 4.74 Å². The van der Waals surface area contributed by atoms with Crippen LogP contribution in [0.5, 0.6) is 0 Å². The van der Waals surface area contributed by atoms with E-state index in [0.29, 0.717) is 24.3 Å². The fraction of sp³-hybridized carbons (Fsp3) is 0.938. The Morgan fingerprint density at radius 2 is 1.90 bits per heavy atom.